The number of amides is 1. The van der Waals surface area contributed by atoms with Gasteiger partial charge in [0.15, 0.2) is 0 Å². The van der Waals surface area contributed by atoms with Crippen LogP contribution in [0.15, 0.2) is 35.5 Å². The van der Waals surface area contributed by atoms with Crippen molar-refractivity contribution in [2.75, 3.05) is 5.32 Å². The second-order valence-corrected chi connectivity index (χ2v) is 6.21. The number of hydrogen-bond donors (Lipinski definition) is 2. The van der Waals surface area contributed by atoms with Gasteiger partial charge in [0.2, 0.25) is 5.82 Å². The maximum absolute atomic E-state index is 11.8. The van der Waals surface area contributed by atoms with Gasteiger partial charge in [0, 0.05) is 15.8 Å². The Labute approximate surface area is 121 Å². The number of aromatic amines is 1. The predicted molar refractivity (Wildman–Crippen MR) is 78.9 cm³/mol. The third kappa shape index (κ3) is 3.19. The molecule has 0 bridgehead atoms. The molecule has 1 fully saturated rings. The monoisotopic (exact) mass is 288 g/mol. The van der Waals surface area contributed by atoms with E-state index in [2.05, 4.69) is 32.6 Å². The number of nitrogens with one attached hydrogen (secondary N) is 2. The van der Waals surface area contributed by atoms with Crippen LogP contribution in [0.5, 0.6) is 0 Å². The van der Waals surface area contributed by atoms with E-state index in [0.717, 1.165) is 10.9 Å². The van der Waals surface area contributed by atoms with Gasteiger partial charge in [0.1, 0.15) is 6.33 Å². The lowest BCUT2D eigenvalue weighted by Gasteiger charge is -2.09. The molecule has 1 aromatic heterocycles. The number of aromatic nitrogens is 3. The van der Waals surface area contributed by atoms with Crippen LogP contribution in [0.1, 0.15) is 36.3 Å². The van der Waals surface area contributed by atoms with Crippen molar-refractivity contribution < 1.29 is 4.79 Å². The van der Waals surface area contributed by atoms with Gasteiger partial charge in [-0.25, -0.2) is 4.98 Å². The zero-order chi connectivity index (χ0) is 13.8. The number of rotatable bonds is 4. The minimum atomic E-state index is -0.279. The van der Waals surface area contributed by atoms with Crippen molar-refractivity contribution in [1.29, 1.82) is 0 Å². The first kappa shape index (κ1) is 13.2. The van der Waals surface area contributed by atoms with Crippen LogP contribution in [-0.2, 0) is 0 Å². The van der Waals surface area contributed by atoms with Gasteiger partial charge in [-0.1, -0.05) is 12.8 Å². The lowest BCUT2D eigenvalue weighted by atomic mass is 10.3. The van der Waals surface area contributed by atoms with Crippen LogP contribution in [0.2, 0.25) is 0 Å². The average molecular weight is 288 g/mol. The van der Waals surface area contributed by atoms with Crippen LogP contribution in [0.3, 0.4) is 0 Å². The van der Waals surface area contributed by atoms with Crippen molar-refractivity contribution in [3.63, 3.8) is 0 Å². The molecule has 2 aromatic rings. The first-order valence-electron chi connectivity index (χ1n) is 6.75. The summed E-state index contributed by atoms with van der Waals surface area (Å²) in [6.45, 7) is 0. The van der Waals surface area contributed by atoms with E-state index in [9.17, 15) is 4.79 Å². The van der Waals surface area contributed by atoms with E-state index in [1.807, 2.05) is 23.9 Å². The number of H-pyrrole nitrogens is 1. The van der Waals surface area contributed by atoms with Crippen molar-refractivity contribution in [3.8, 4) is 0 Å². The lowest BCUT2D eigenvalue weighted by molar-refractivity contribution is 0.101. The summed E-state index contributed by atoms with van der Waals surface area (Å²) in [7, 11) is 0. The smallest absolute Gasteiger partial charge is 0.292 e. The number of benzene rings is 1. The van der Waals surface area contributed by atoms with Crippen molar-refractivity contribution in [2.45, 2.75) is 35.8 Å². The molecule has 0 aliphatic heterocycles. The van der Waals surface area contributed by atoms with Crippen LogP contribution < -0.4 is 5.32 Å². The number of hydrogen-bond acceptors (Lipinski definition) is 4. The second-order valence-electron chi connectivity index (χ2n) is 4.84. The summed E-state index contributed by atoms with van der Waals surface area (Å²) in [4.78, 5) is 16.9. The molecule has 6 heteroatoms. The zero-order valence-corrected chi connectivity index (χ0v) is 11.8. The van der Waals surface area contributed by atoms with Gasteiger partial charge in [0.05, 0.1) is 0 Å². The third-order valence-electron chi connectivity index (χ3n) is 3.35. The Balaban J connectivity index is 1.59. The molecule has 0 spiro atoms. The van der Waals surface area contributed by atoms with E-state index in [0.29, 0.717) is 0 Å². The van der Waals surface area contributed by atoms with E-state index in [-0.39, 0.29) is 11.7 Å². The molecular weight excluding hydrogens is 272 g/mol. The van der Waals surface area contributed by atoms with Crippen molar-refractivity contribution >= 4 is 23.4 Å². The van der Waals surface area contributed by atoms with Crippen LogP contribution in [-0.4, -0.2) is 26.3 Å². The van der Waals surface area contributed by atoms with Crippen LogP contribution in [0.4, 0.5) is 5.69 Å². The highest BCUT2D eigenvalue weighted by Crippen LogP contribution is 2.34. The molecule has 1 heterocycles. The molecular formula is C14H16N4OS. The first-order valence-corrected chi connectivity index (χ1v) is 7.63. The number of carbonyl (C=O) groups excluding carboxylic acids is 1. The number of carbonyl (C=O) groups is 1. The third-order valence-corrected chi connectivity index (χ3v) is 4.70. The number of anilines is 1. The summed E-state index contributed by atoms with van der Waals surface area (Å²) in [5, 5.41) is 9.73. The number of thioether (sulfide) groups is 1. The van der Waals surface area contributed by atoms with Crippen molar-refractivity contribution in [3.05, 3.63) is 36.4 Å². The molecule has 0 radical (unpaired) electrons. The Morgan fingerprint density at radius 2 is 2.00 bits per heavy atom. The normalized spacial score (nSPS) is 15.4. The van der Waals surface area contributed by atoms with E-state index in [1.165, 1.54) is 36.9 Å². The lowest BCUT2D eigenvalue weighted by Crippen LogP contribution is -2.13. The molecule has 104 valence electrons. The highest BCUT2D eigenvalue weighted by atomic mass is 32.2. The maximum atomic E-state index is 11.8. The largest absolute Gasteiger partial charge is 0.319 e. The Hall–Kier alpha value is -1.82. The van der Waals surface area contributed by atoms with Crippen LogP contribution in [0.25, 0.3) is 0 Å². The highest BCUT2D eigenvalue weighted by Gasteiger charge is 2.16. The minimum absolute atomic E-state index is 0.217. The molecule has 3 rings (SSSR count). The van der Waals surface area contributed by atoms with E-state index < -0.39 is 0 Å². The molecule has 5 nitrogen and oxygen atoms in total. The zero-order valence-electron chi connectivity index (χ0n) is 11.0. The molecule has 0 saturated heterocycles. The molecule has 1 amide bonds. The van der Waals surface area contributed by atoms with E-state index in [4.69, 9.17) is 0 Å². The van der Waals surface area contributed by atoms with E-state index in [1.54, 1.807) is 0 Å². The van der Waals surface area contributed by atoms with Gasteiger partial charge >= 0.3 is 0 Å². The second kappa shape index (κ2) is 6.09. The summed E-state index contributed by atoms with van der Waals surface area (Å²) in [5.74, 6) is -0.0619. The van der Waals surface area contributed by atoms with Gasteiger partial charge in [-0.2, -0.15) is 5.10 Å². The molecule has 1 aliphatic carbocycles. The fraction of sp³-hybridized carbons (Fsp3) is 0.357. The number of nitrogens with zero attached hydrogens (tertiary/aromatic N) is 2. The molecule has 0 unspecified atom stereocenters. The van der Waals surface area contributed by atoms with Crippen molar-refractivity contribution in [1.82, 2.24) is 15.2 Å². The average Bonchev–Trinajstić information content (AvgIpc) is 3.13. The molecule has 20 heavy (non-hydrogen) atoms. The molecule has 0 atom stereocenters. The Kier molecular flexibility index (Phi) is 4.01. The summed E-state index contributed by atoms with van der Waals surface area (Å²) >= 11 is 1.94. The Bertz CT molecular complexity index is 561. The summed E-state index contributed by atoms with van der Waals surface area (Å²) in [6, 6.07) is 7.95. The van der Waals surface area contributed by atoms with Crippen LogP contribution in [0, 0.1) is 0 Å². The Morgan fingerprint density at radius 1 is 1.25 bits per heavy atom. The molecule has 1 saturated carbocycles. The van der Waals surface area contributed by atoms with Gasteiger partial charge in [-0.15, -0.1) is 11.8 Å². The predicted octanol–water partition coefficient (Wildman–Crippen LogP) is 3.09. The maximum Gasteiger partial charge on any atom is 0.292 e. The van der Waals surface area contributed by atoms with E-state index >= 15 is 0 Å². The van der Waals surface area contributed by atoms with Gasteiger partial charge in [0.25, 0.3) is 5.91 Å². The fourth-order valence-electron chi connectivity index (χ4n) is 2.32. The minimum Gasteiger partial charge on any atom is -0.319 e. The summed E-state index contributed by atoms with van der Waals surface area (Å²) in [5.41, 5.74) is 0.766. The SMILES string of the molecule is O=C(Nc1ccc(SC2CCCC2)cc1)c1ncn[nH]1. The van der Waals surface area contributed by atoms with Crippen LogP contribution >= 0.6 is 11.8 Å². The van der Waals surface area contributed by atoms with Gasteiger partial charge in [-0.05, 0) is 37.1 Å². The first-order chi connectivity index (χ1) is 9.81. The topological polar surface area (TPSA) is 70.7 Å². The summed E-state index contributed by atoms with van der Waals surface area (Å²) in [6.07, 6.45) is 6.64. The van der Waals surface area contributed by atoms with Gasteiger partial charge in [-0.3, -0.25) is 9.89 Å². The molecule has 1 aliphatic rings. The van der Waals surface area contributed by atoms with Crippen molar-refractivity contribution in [2.24, 2.45) is 0 Å². The fourth-order valence-corrected chi connectivity index (χ4v) is 3.57. The Morgan fingerprint density at radius 3 is 2.65 bits per heavy atom. The molecule has 1 aromatic carbocycles. The standard InChI is InChI=1S/C14H16N4OS/c19-14(13-15-9-16-18-13)17-10-5-7-12(8-6-10)20-11-3-1-2-4-11/h5-9,11H,1-4H2,(H,17,19)(H,15,16,18). The quantitative estimate of drug-likeness (QED) is 0.907. The summed E-state index contributed by atoms with van der Waals surface area (Å²) < 4.78 is 0. The highest BCUT2D eigenvalue weighted by molar-refractivity contribution is 8.00. The molecule has 2 N–H and O–H groups in total. The van der Waals surface area contributed by atoms with Gasteiger partial charge < -0.3 is 5.32 Å².